The van der Waals surface area contributed by atoms with Gasteiger partial charge in [0.15, 0.2) is 0 Å². The SMILES string of the molecule is CCC1C=C(C(C)(C)C)C=[C]1[Zr+2](=[C](c1cccc(Cl)c1)c1cccc(Cl)c1)[CH]1c2cc(-c3ccccc3)ccc2-c2ccc(-c3ccccc3)cc21.[Cl-].[Cl-]. The Morgan fingerprint density at radius 1 is 0.574 bits per heavy atom. The van der Waals surface area contributed by atoms with Gasteiger partial charge in [0.2, 0.25) is 0 Å². The molecule has 0 aromatic heterocycles. The van der Waals surface area contributed by atoms with Crippen molar-refractivity contribution in [1.82, 2.24) is 0 Å². The van der Waals surface area contributed by atoms with E-state index in [1.165, 1.54) is 64.4 Å². The van der Waals surface area contributed by atoms with E-state index in [2.05, 4.69) is 173 Å². The first-order valence-electron chi connectivity index (χ1n) is 18.3. The van der Waals surface area contributed by atoms with Crippen LogP contribution in [0.4, 0.5) is 0 Å². The summed E-state index contributed by atoms with van der Waals surface area (Å²) >= 11 is 10.6. The Kier molecular flexibility index (Phi) is 12.6. The van der Waals surface area contributed by atoms with Gasteiger partial charge in [0.05, 0.1) is 0 Å². The third-order valence-electron chi connectivity index (χ3n) is 10.7. The number of fused-ring (bicyclic) bond motifs is 3. The van der Waals surface area contributed by atoms with Crippen molar-refractivity contribution in [2.75, 3.05) is 0 Å². The molecule has 6 aromatic carbocycles. The number of benzene rings is 6. The molecule has 0 saturated carbocycles. The van der Waals surface area contributed by atoms with Gasteiger partial charge >= 0.3 is 329 Å². The van der Waals surface area contributed by atoms with E-state index in [1.807, 2.05) is 12.1 Å². The second-order valence-electron chi connectivity index (χ2n) is 15.1. The molecule has 2 aliphatic rings. The van der Waals surface area contributed by atoms with E-state index in [0.29, 0.717) is 5.92 Å². The van der Waals surface area contributed by atoms with Gasteiger partial charge in [-0.15, -0.1) is 0 Å². The topological polar surface area (TPSA) is 0 Å². The largest absolute Gasteiger partial charge is 1.00 e. The van der Waals surface area contributed by atoms with Crippen LogP contribution in [-0.4, -0.2) is 3.21 Å². The van der Waals surface area contributed by atoms with Crippen molar-refractivity contribution < 1.29 is 46.1 Å². The first-order valence-corrected chi connectivity index (χ1v) is 22.9. The van der Waals surface area contributed by atoms with E-state index in [-0.39, 0.29) is 33.9 Å². The van der Waals surface area contributed by atoms with Crippen molar-refractivity contribution in [2.24, 2.45) is 11.3 Å². The van der Waals surface area contributed by atoms with Gasteiger partial charge in [-0.25, -0.2) is 0 Å². The molecule has 0 saturated heterocycles. The van der Waals surface area contributed by atoms with Gasteiger partial charge in [-0.3, -0.25) is 0 Å². The summed E-state index contributed by atoms with van der Waals surface area (Å²) < 4.78 is 3.31. The summed E-state index contributed by atoms with van der Waals surface area (Å²) in [6.45, 7) is 9.42. The molecule has 0 heterocycles. The fourth-order valence-corrected chi connectivity index (χ4v) is 18.2. The van der Waals surface area contributed by atoms with Crippen molar-refractivity contribution in [3.05, 3.63) is 199 Å². The molecule has 0 aliphatic heterocycles. The molecule has 0 spiro atoms. The maximum Gasteiger partial charge on any atom is -1.00 e. The van der Waals surface area contributed by atoms with E-state index in [1.54, 1.807) is 3.28 Å². The average molecular weight is 864 g/mol. The van der Waals surface area contributed by atoms with Crippen molar-refractivity contribution in [2.45, 2.75) is 37.7 Å². The van der Waals surface area contributed by atoms with Crippen LogP contribution in [0, 0.1) is 11.3 Å². The van der Waals surface area contributed by atoms with Crippen LogP contribution in [-0.2, 0) is 21.3 Å². The van der Waals surface area contributed by atoms with Crippen molar-refractivity contribution in [3.8, 4) is 33.4 Å². The Labute approximate surface area is 351 Å². The molecule has 54 heavy (non-hydrogen) atoms. The zero-order valence-electron chi connectivity index (χ0n) is 30.9. The molecule has 2 aliphatic carbocycles. The standard InChI is InChI=1S/C25H17.C13H8Cl2.C11H17.2ClH.Zr/c1-3-7-18(8-4-1)20-11-13-24-22(15-20)17-23-16-21(12-14-25(23)24)19-9-5-2-6-10-19;14-12-5-1-3-10(8-12)7-11-4-2-6-13(15)9-11;1-5-9-6-7-10(8-9)11(2,3)4;;;/h1-17H;1-6,8-9H;7-9H,5H2,1-4H3;2*1H;/q;;;;;+2/p-2. The van der Waals surface area contributed by atoms with Gasteiger partial charge in [0.1, 0.15) is 0 Å². The second kappa shape index (κ2) is 16.8. The summed E-state index contributed by atoms with van der Waals surface area (Å²) in [4.78, 5) is 0. The summed E-state index contributed by atoms with van der Waals surface area (Å²) in [7, 11) is 0. The van der Waals surface area contributed by atoms with E-state index in [4.69, 9.17) is 23.2 Å². The maximum absolute atomic E-state index is 6.87. The molecule has 0 radical (unpaired) electrons. The summed E-state index contributed by atoms with van der Waals surface area (Å²) in [5.74, 6) is 0.374. The normalized spacial score (nSPS) is 14.4. The van der Waals surface area contributed by atoms with Gasteiger partial charge in [-0.2, -0.15) is 0 Å². The molecule has 0 fully saturated rings. The Hall–Kier alpha value is -3.29. The third-order valence-corrected chi connectivity index (χ3v) is 19.7. The molecule has 8 rings (SSSR count). The van der Waals surface area contributed by atoms with Gasteiger partial charge < -0.3 is 24.8 Å². The number of hydrogen-bond acceptors (Lipinski definition) is 0. The zero-order chi connectivity index (χ0) is 36.0. The zero-order valence-corrected chi connectivity index (χ0v) is 36.4. The number of allylic oxidation sites excluding steroid dienone is 4. The Morgan fingerprint density at radius 2 is 1.06 bits per heavy atom. The van der Waals surface area contributed by atoms with Gasteiger partial charge in [-0.1, -0.05) is 0 Å². The average Bonchev–Trinajstić information content (AvgIpc) is 3.74. The predicted molar refractivity (Wildman–Crippen MR) is 220 cm³/mol. The van der Waals surface area contributed by atoms with Gasteiger partial charge in [-0.05, 0) is 0 Å². The number of rotatable bonds is 7. The van der Waals surface area contributed by atoms with E-state index in [9.17, 15) is 0 Å². The van der Waals surface area contributed by atoms with E-state index < -0.39 is 21.3 Å². The van der Waals surface area contributed by atoms with Gasteiger partial charge in [0.25, 0.3) is 0 Å². The minimum Gasteiger partial charge on any atom is -1.00 e. The maximum atomic E-state index is 6.87. The van der Waals surface area contributed by atoms with Crippen LogP contribution in [0.1, 0.15) is 60.0 Å². The molecule has 1 atom stereocenters. The number of halogens is 4. The van der Waals surface area contributed by atoms with Crippen LogP contribution in [0.5, 0.6) is 0 Å². The number of hydrogen-bond donors (Lipinski definition) is 0. The molecule has 0 amide bonds. The monoisotopic (exact) mass is 860 g/mol. The molecule has 0 bridgehead atoms. The Balaban J connectivity index is 0.00000249. The minimum atomic E-state index is -3.15. The first kappa shape index (κ1) is 40.4. The summed E-state index contributed by atoms with van der Waals surface area (Å²) in [5, 5.41) is 1.51. The molecule has 6 aromatic rings. The van der Waals surface area contributed by atoms with E-state index >= 15 is 0 Å². The van der Waals surface area contributed by atoms with Crippen LogP contribution < -0.4 is 24.8 Å². The van der Waals surface area contributed by atoms with Crippen LogP contribution in [0.3, 0.4) is 0 Å². The summed E-state index contributed by atoms with van der Waals surface area (Å²) in [5.41, 5.74) is 14.5. The second-order valence-corrected chi connectivity index (χ2v) is 22.0. The molecular formula is C49H42Cl4Zr. The Bertz CT molecular complexity index is 2260. The fourth-order valence-electron chi connectivity index (χ4n) is 8.12. The van der Waals surface area contributed by atoms with Crippen molar-refractivity contribution in [3.63, 3.8) is 0 Å². The smallest absolute Gasteiger partial charge is 1.00 e. The van der Waals surface area contributed by atoms with Crippen molar-refractivity contribution >= 4 is 26.4 Å². The third kappa shape index (κ3) is 7.87. The fraction of sp³-hybridized carbons (Fsp3) is 0.163. The first-order chi connectivity index (χ1) is 25.2. The minimum absolute atomic E-state index is 0. The van der Waals surface area contributed by atoms with Crippen molar-refractivity contribution in [1.29, 1.82) is 0 Å². The molecule has 5 heteroatoms. The predicted octanol–water partition coefficient (Wildman–Crippen LogP) is 8.19. The molecule has 270 valence electrons. The van der Waals surface area contributed by atoms with Crippen LogP contribution >= 0.6 is 23.2 Å². The van der Waals surface area contributed by atoms with Gasteiger partial charge in [0, 0.05) is 0 Å². The molecule has 1 unspecified atom stereocenters. The molecular weight excluding hydrogens is 822 g/mol. The van der Waals surface area contributed by atoms with Crippen LogP contribution in [0.25, 0.3) is 33.4 Å². The van der Waals surface area contributed by atoms with Crippen LogP contribution in [0.2, 0.25) is 10.0 Å². The van der Waals surface area contributed by atoms with E-state index in [0.717, 1.165) is 16.5 Å². The Morgan fingerprint density at radius 3 is 1.48 bits per heavy atom. The molecule has 0 nitrogen and oxygen atoms in total. The summed E-state index contributed by atoms with van der Waals surface area (Å²) in [6.07, 6.45) is 6.27. The summed E-state index contributed by atoms with van der Waals surface area (Å²) in [6, 6.07) is 53.2. The van der Waals surface area contributed by atoms with Crippen LogP contribution in [0.15, 0.2) is 167 Å². The molecule has 0 N–H and O–H groups in total. The quantitative estimate of drug-likeness (QED) is 0.152.